The summed E-state index contributed by atoms with van der Waals surface area (Å²) in [5.74, 6) is 0.419. The number of hydrogen-bond acceptors (Lipinski definition) is 3. The number of rotatable bonds is 5. The second-order valence-corrected chi connectivity index (χ2v) is 9.21. The summed E-state index contributed by atoms with van der Waals surface area (Å²) in [4.78, 5) is 12.6. The third-order valence-electron chi connectivity index (χ3n) is 5.40. The Morgan fingerprint density at radius 3 is 2.28 bits per heavy atom. The van der Waals surface area contributed by atoms with Crippen LogP contribution in [0.15, 0.2) is 35.2 Å². The second-order valence-electron chi connectivity index (χ2n) is 7.27. The van der Waals surface area contributed by atoms with Crippen molar-refractivity contribution in [3.8, 4) is 0 Å². The van der Waals surface area contributed by atoms with E-state index in [1.807, 2.05) is 6.07 Å². The van der Waals surface area contributed by atoms with Crippen molar-refractivity contribution in [3.63, 3.8) is 0 Å². The number of sulfonamides is 1. The molecule has 1 aliphatic heterocycles. The van der Waals surface area contributed by atoms with Crippen LogP contribution in [-0.2, 0) is 14.8 Å². The van der Waals surface area contributed by atoms with Gasteiger partial charge in [-0.3, -0.25) is 4.79 Å². The molecule has 0 unspecified atom stereocenters. The van der Waals surface area contributed by atoms with Crippen molar-refractivity contribution >= 4 is 15.9 Å². The summed E-state index contributed by atoms with van der Waals surface area (Å²) in [5, 5.41) is 3.16. The van der Waals surface area contributed by atoms with Crippen molar-refractivity contribution in [1.82, 2.24) is 9.62 Å². The van der Waals surface area contributed by atoms with Crippen LogP contribution in [0.2, 0.25) is 0 Å². The second kappa shape index (κ2) is 8.32. The first-order valence-electron chi connectivity index (χ1n) is 9.40. The maximum atomic E-state index is 12.6. The van der Waals surface area contributed by atoms with Gasteiger partial charge in [0.1, 0.15) is 0 Å². The van der Waals surface area contributed by atoms with Gasteiger partial charge in [-0.25, -0.2) is 8.42 Å². The highest BCUT2D eigenvalue weighted by molar-refractivity contribution is 7.89. The highest BCUT2D eigenvalue weighted by atomic mass is 32.2. The molecule has 0 spiro atoms. The molecule has 1 N–H and O–H groups in total. The molecule has 25 heavy (non-hydrogen) atoms. The zero-order valence-electron chi connectivity index (χ0n) is 14.7. The molecule has 1 heterocycles. The topological polar surface area (TPSA) is 66.5 Å². The van der Waals surface area contributed by atoms with Crippen molar-refractivity contribution in [2.45, 2.75) is 62.3 Å². The Labute approximate surface area is 150 Å². The number of piperidine rings is 1. The fraction of sp³-hybridized carbons (Fsp3) is 0.632. The van der Waals surface area contributed by atoms with Gasteiger partial charge in [0.2, 0.25) is 15.9 Å². The highest BCUT2D eigenvalue weighted by Gasteiger charge is 2.30. The predicted molar refractivity (Wildman–Crippen MR) is 97.6 cm³/mol. The minimum Gasteiger partial charge on any atom is -0.353 e. The van der Waals surface area contributed by atoms with Crippen LogP contribution in [0.5, 0.6) is 0 Å². The summed E-state index contributed by atoms with van der Waals surface area (Å²) in [6.45, 7) is 0.997. The maximum Gasteiger partial charge on any atom is 0.243 e. The number of amides is 1. The third-order valence-corrected chi connectivity index (χ3v) is 7.31. The summed E-state index contributed by atoms with van der Waals surface area (Å²) in [6.07, 6.45) is 7.92. The van der Waals surface area contributed by atoms with Gasteiger partial charge in [0.15, 0.2) is 0 Å². The SMILES string of the molecule is O=C(CC1CCN(S(=O)(=O)c2ccccc2)CC1)NC1CCCCC1. The molecule has 1 aliphatic carbocycles. The first-order chi connectivity index (χ1) is 12.1. The standard InChI is InChI=1S/C19H28N2O3S/c22-19(20-17-7-3-1-4-8-17)15-16-11-13-21(14-12-16)25(23,24)18-9-5-2-6-10-18/h2,5-6,9-10,16-17H,1,3-4,7-8,11-15H2,(H,20,22). The number of hydrogen-bond donors (Lipinski definition) is 1. The Balaban J connectivity index is 1.47. The summed E-state index contributed by atoms with van der Waals surface area (Å²) < 4.78 is 26.8. The van der Waals surface area contributed by atoms with Crippen LogP contribution in [0.3, 0.4) is 0 Å². The van der Waals surface area contributed by atoms with E-state index in [1.165, 1.54) is 19.3 Å². The molecule has 0 atom stereocenters. The molecule has 5 nitrogen and oxygen atoms in total. The summed E-state index contributed by atoms with van der Waals surface area (Å²) in [7, 11) is -3.40. The van der Waals surface area contributed by atoms with Crippen molar-refractivity contribution in [1.29, 1.82) is 0 Å². The van der Waals surface area contributed by atoms with Crippen molar-refractivity contribution < 1.29 is 13.2 Å². The monoisotopic (exact) mass is 364 g/mol. The van der Waals surface area contributed by atoms with Gasteiger partial charge in [0.25, 0.3) is 0 Å². The number of nitrogens with one attached hydrogen (secondary N) is 1. The third kappa shape index (κ3) is 4.82. The molecule has 138 valence electrons. The zero-order valence-corrected chi connectivity index (χ0v) is 15.5. The average Bonchev–Trinajstić information content (AvgIpc) is 2.63. The fourth-order valence-electron chi connectivity index (χ4n) is 3.89. The van der Waals surface area contributed by atoms with E-state index in [0.717, 1.165) is 25.7 Å². The van der Waals surface area contributed by atoms with Crippen LogP contribution in [0.25, 0.3) is 0 Å². The Hall–Kier alpha value is -1.40. The number of carbonyl (C=O) groups is 1. The summed E-state index contributed by atoms with van der Waals surface area (Å²) in [6, 6.07) is 8.93. The maximum absolute atomic E-state index is 12.6. The molecule has 3 rings (SSSR count). The Bertz CT molecular complexity index is 661. The van der Waals surface area contributed by atoms with Gasteiger partial charge in [0, 0.05) is 25.6 Å². The lowest BCUT2D eigenvalue weighted by atomic mass is 9.92. The normalized spacial score (nSPS) is 21.1. The number of carbonyl (C=O) groups excluding carboxylic acids is 1. The average molecular weight is 365 g/mol. The van der Waals surface area contributed by atoms with Crippen LogP contribution in [-0.4, -0.2) is 37.8 Å². The van der Waals surface area contributed by atoms with Crippen molar-refractivity contribution in [2.75, 3.05) is 13.1 Å². The molecule has 1 saturated carbocycles. The molecular weight excluding hydrogens is 336 g/mol. The van der Waals surface area contributed by atoms with Gasteiger partial charge < -0.3 is 5.32 Å². The van der Waals surface area contributed by atoms with Gasteiger partial charge >= 0.3 is 0 Å². The molecule has 0 bridgehead atoms. The van der Waals surface area contributed by atoms with Crippen molar-refractivity contribution in [2.24, 2.45) is 5.92 Å². The van der Waals surface area contributed by atoms with Crippen LogP contribution >= 0.6 is 0 Å². The molecule has 0 aromatic heterocycles. The van der Waals surface area contributed by atoms with Gasteiger partial charge in [-0.2, -0.15) is 4.31 Å². The molecule has 1 amide bonds. The first kappa shape index (κ1) is 18.4. The lowest BCUT2D eigenvalue weighted by Gasteiger charge is -2.31. The zero-order chi connectivity index (χ0) is 17.7. The Morgan fingerprint density at radius 1 is 1.00 bits per heavy atom. The van der Waals surface area contributed by atoms with E-state index in [1.54, 1.807) is 28.6 Å². The molecule has 2 aliphatic rings. The van der Waals surface area contributed by atoms with E-state index in [0.29, 0.717) is 30.4 Å². The van der Waals surface area contributed by atoms with E-state index in [2.05, 4.69) is 5.32 Å². The molecule has 0 radical (unpaired) electrons. The summed E-state index contributed by atoms with van der Waals surface area (Å²) >= 11 is 0. The Kier molecular flexibility index (Phi) is 6.12. The van der Waals surface area contributed by atoms with E-state index < -0.39 is 10.0 Å². The lowest BCUT2D eigenvalue weighted by molar-refractivity contribution is -0.123. The quantitative estimate of drug-likeness (QED) is 0.873. The first-order valence-corrected chi connectivity index (χ1v) is 10.8. The largest absolute Gasteiger partial charge is 0.353 e. The highest BCUT2D eigenvalue weighted by Crippen LogP contribution is 2.26. The van der Waals surface area contributed by atoms with Crippen molar-refractivity contribution in [3.05, 3.63) is 30.3 Å². The molecule has 1 aromatic rings. The fourth-order valence-corrected chi connectivity index (χ4v) is 5.38. The van der Waals surface area contributed by atoms with Crippen LogP contribution < -0.4 is 5.32 Å². The lowest BCUT2D eigenvalue weighted by Crippen LogP contribution is -2.41. The Morgan fingerprint density at radius 2 is 1.64 bits per heavy atom. The van der Waals surface area contributed by atoms with E-state index in [-0.39, 0.29) is 11.8 Å². The molecule has 1 aromatic carbocycles. The number of nitrogens with zero attached hydrogens (tertiary/aromatic N) is 1. The van der Waals surface area contributed by atoms with Gasteiger partial charge in [-0.1, -0.05) is 37.5 Å². The minimum atomic E-state index is -3.40. The molecule has 2 fully saturated rings. The smallest absolute Gasteiger partial charge is 0.243 e. The van der Waals surface area contributed by atoms with Crippen LogP contribution in [0.4, 0.5) is 0 Å². The van der Waals surface area contributed by atoms with Crippen LogP contribution in [0.1, 0.15) is 51.4 Å². The van der Waals surface area contributed by atoms with Gasteiger partial charge in [0.05, 0.1) is 4.90 Å². The number of benzene rings is 1. The van der Waals surface area contributed by atoms with E-state index in [9.17, 15) is 13.2 Å². The molecule has 1 saturated heterocycles. The summed E-state index contributed by atoms with van der Waals surface area (Å²) in [5.41, 5.74) is 0. The van der Waals surface area contributed by atoms with Crippen LogP contribution in [0, 0.1) is 5.92 Å². The van der Waals surface area contributed by atoms with Gasteiger partial charge in [-0.05, 0) is 43.7 Å². The predicted octanol–water partition coefficient (Wildman–Crippen LogP) is 2.93. The molecule has 6 heteroatoms. The minimum absolute atomic E-state index is 0.135. The van der Waals surface area contributed by atoms with E-state index >= 15 is 0 Å². The van der Waals surface area contributed by atoms with E-state index in [4.69, 9.17) is 0 Å². The van der Waals surface area contributed by atoms with Gasteiger partial charge in [-0.15, -0.1) is 0 Å². The molecular formula is C19H28N2O3S.